The van der Waals surface area contributed by atoms with Crippen molar-refractivity contribution < 1.29 is 9.21 Å². The summed E-state index contributed by atoms with van der Waals surface area (Å²) in [5.74, 6) is 0.222. The molecule has 12 heavy (non-hydrogen) atoms. The fourth-order valence-electron chi connectivity index (χ4n) is 0.906. The van der Waals surface area contributed by atoms with Gasteiger partial charge >= 0.3 is 0 Å². The molecular weight excluding hydrogens is 176 g/mol. The van der Waals surface area contributed by atoms with Gasteiger partial charge in [-0.1, -0.05) is 24.3 Å². The van der Waals surface area contributed by atoms with Crippen molar-refractivity contribution >= 4 is 28.1 Å². The summed E-state index contributed by atoms with van der Waals surface area (Å²) in [6, 6.07) is 8.05. The van der Waals surface area contributed by atoms with Crippen LogP contribution in [0.4, 0.5) is 0 Å². The quantitative estimate of drug-likeness (QED) is 0.463. The van der Waals surface area contributed by atoms with Crippen LogP contribution in [0.15, 0.2) is 41.2 Å². The third-order valence-corrected chi connectivity index (χ3v) is 1.39. The molecule has 0 unspecified atom stereocenters. The molecule has 1 aromatic heterocycles. The molecule has 0 amide bonds. The van der Waals surface area contributed by atoms with Gasteiger partial charge in [0.15, 0.2) is 0 Å². The number of hydrogen-bond donors (Lipinski definition) is 0. The average Bonchev–Trinajstić information content (AvgIpc) is 2.52. The minimum absolute atomic E-state index is 0.222. The molecule has 0 saturated heterocycles. The summed E-state index contributed by atoms with van der Waals surface area (Å²) in [5, 5.41) is 2.33. The molecule has 0 fully saturated rings. The zero-order valence-electron chi connectivity index (χ0n) is 6.24. The number of hydrogen-bond acceptors (Lipinski definition) is 2. The smallest absolute Gasteiger partial charge is 0.208 e. The molecule has 0 N–H and O–H groups in total. The third kappa shape index (κ3) is 2.10. The van der Waals surface area contributed by atoms with Crippen LogP contribution in [0.1, 0.15) is 0 Å². The van der Waals surface area contributed by atoms with Crippen LogP contribution in [-0.2, 0) is 4.79 Å². The fraction of sp³-hybridized carbons (Fsp3) is 0. The Bertz CT molecular complexity index is 324. The number of benzene rings is 1. The second-order valence-electron chi connectivity index (χ2n) is 2.09. The van der Waals surface area contributed by atoms with Crippen LogP contribution < -0.4 is 0 Å². The Hall–Kier alpha value is -1.28. The minimum atomic E-state index is 0.222. The highest BCUT2D eigenvalue weighted by Gasteiger charge is 1.89. The van der Waals surface area contributed by atoms with Gasteiger partial charge in [0.1, 0.15) is 0 Å². The topological polar surface area (TPSA) is 30.2 Å². The molecule has 0 aliphatic heterocycles. The Morgan fingerprint density at radius 3 is 2.00 bits per heavy atom. The van der Waals surface area contributed by atoms with Gasteiger partial charge in [0.25, 0.3) is 0 Å². The van der Waals surface area contributed by atoms with Crippen molar-refractivity contribution in [2.75, 3.05) is 0 Å². The summed E-state index contributed by atoms with van der Waals surface area (Å²) in [7, 11) is 0. The molecule has 0 aliphatic rings. The number of rotatable bonds is 0. The predicted octanol–water partition coefficient (Wildman–Crippen LogP) is 2.85. The Morgan fingerprint density at radius 1 is 1.17 bits per heavy atom. The number of carbonyl (C=O) groups excluding carboxylic acids is 1. The SMILES string of the molecule is O=CCl.c1ccc2cocc2c1. The van der Waals surface area contributed by atoms with Crippen molar-refractivity contribution in [3.63, 3.8) is 0 Å². The van der Waals surface area contributed by atoms with Crippen LogP contribution >= 0.6 is 11.6 Å². The van der Waals surface area contributed by atoms with E-state index in [-0.39, 0.29) is 5.75 Å². The molecule has 1 heterocycles. The second-order valence-corrected chi connectivity index (χ2v) is 2.27. The maximum atomic E-state index is 8.57. The summed E-state index contributed by atoms with van der Waals surface area (Å²) in [5.41, 5.74) is 0. The molecule has 2 nitrogen and oxygen atoms in total. The van der Waals surface area contributed by atoms with Crippen LogP contribution in [0.3, 0.4) is 0 Å². The standard InChI is InChI=1S/C8H6O.CHClO/c1-2-4-8-6-9-5-7(8)3-1;2-1-3/h1-6H;1H. The summed E-state index contributed by atoms with van der Waals surface area (Å²) >= 11 is 4.32. The molecule has 2 rings (SSSR count). The lowest BCUT2D eigenvalue weighted by atomic mass is 10.2. The van der Waals surface area contributed by atoms with Gasteiger partial charge < -0.3 is 4.42 Å². The molecule has 0 spiro atoms. The van der Waals surface area contributed by atoms with Gasteiger partial charge in [-0.05, 0) is 11.6 Å². The van der Waals surface area contributed by atoms with Crippen molar-refractivity contribution in [1.82, 2.24) is 0 Å². The average molecular weight is 183 g/mol. The summed E-state index contributed by atoms with van der Waals surface area (Å²) in [6.07, 6.45) is 3.49. The van der Waals surface area contributed by atoms with Gasteiger partial charge in [0, 0.05) is 10.8 Å². The van der Waals surface area contributed by atoms with E-state index in [1.54, 1.807) is 12.5 Å². The Labute approximate surface area is 74.7 Å². The predicted molar refractivity (Wildman–Crippen MR) is 48.8 cm³/mol. The highest BCUT2D eigenvalue weighted by Crippen LogP contribution is 2.12. The van der Waals surface area contributed by atoms with E-state index in [0.717, 1.165) is 10.8 Å². The zero-order chi connectivity index (χ0) is 8.81. The van der Waals surface area contributed by atoms with Gasteiger partial charge in [-0.15, -0.1) is 0 Å². The molecule has 62 valence electrons. The van der Waals surface area contributed by atoms with E-state index in [2.05, 4.69) is 11.6 Å². The molecule has 0 saturated carbocycles. The number of fused-ring (bicyclic) bond motifs is 1. The summed E-state index contributed by atoms with van der Waals surface area (Å²) in [4.78, 5) is 8.57. The highest BCUT2D eigenvalue weighted by molar-refractivity contribution is 6.54. The second kappa shape index (κ2) is 4.57. The lowest BCUT2D eigenvalue weighted by Gasteiger charge is -1.80. The van der Waals surface area contributed by atoms with E-state index in [0.29, 0.717) is 0 Å². The fourth-order valence-corrected chi connectivity index (χ4v) is 0.906. The van der Waals surface area contributed by atoms with E-state index in [4.69, 9.17) is 9.21 Å². The minimum Gasteiger partial charge on any atom is -0.471 e. The van der Waals surface area contributed by atoms with Crippen molar-refractivity contribution in [2.45, 2.75) is 0 Å². The molecule has 0 atom stereocenters. The maximum absolute atomic E-state index is 8.57. The lowest BCUT2D eigenvalue weighted by molar-refractivity contribution is 0.569. The highest BCUT2D eigenvalue weighted by atomic mass is 35.5. The normalized spacial score (nSPS) is 8.75. The first-order chi connectivity index (χ1) is 5.88. The molecule has 0 aliphatic carbocycles. The van der Waals surface area contributed by atoms with Crippen LogP contribution in [0.2, 0.25) is 0 Å². The summed E-state index contributed by atoms with van der Waals surface area (Å²) < 4.78 is 4.96. The first-order valence-electron chi connectivity index (χ1n) is 3.33. The van der Waals surface area contributed by atoms with E-state index in [1.165, 1.54) is 0 Å². The van der Waals surface area contributed by atoms with Crippen molar-refractivity contribution in [3.05, 3.63) is 36.8 Å². The van der Waals surface area contributed by atoms with Crippen molar-refractivity contribution in [3.8, 4) is 0 Å². The van der Waals surface area contributed by atoms with Crippen LogP contribution in [0.5, 0.6) is 0 Å². The molecule has 0 bridgehead atoms. The van der Waals surface area contributed by atoms with E-state index in [9.17, 15) is 0 Å². The lowest BCUT2D eigenvalue weighted by Crippen LogP contribution is -1.57. The molecule has 1 aromatic carbocycles. The van der Waals surface area contributed by atoms with E-state index >= 15 is 0 Å². The molecule has 2 aromatic rings. The Morgan fingerprint density at radius 2 is 1.58 bits per heavy atom. The number of carbonyl (C=O) groups is 1. The molecule has 3 heteroatoms. The Balaban J connectivity index is 0.000000213. The van der Waals surface area contributed by atoms with Crippen LogP contribution in [-0.4, -0.2) is 5.75 Å². The van der Waals surface area contributed by atoms with Crippen LogP contribution in [0.25, 0.3) is 10.8 Å². The van der Waals surface area contributed by atoms with Gasteiger partial charge in [-0.3, -0.25) is 4.79 Å². The van der Waals surface area contributed by atoms with Gasteiger partial charge in [-0.2, -0.15) is 0 Å². The van der Waals surface area contributed by atoms with Crippen LogP contribution in [0, 0.1) is 0 Å². The van der Waals surface area contributed by atoms with Gasteiger partial charge in [0.2, 0.25) is 5.75 Å². The zero-order valence-corrected chi connectivity index (χ0v) is 6.99. The third-order valence-electron chi connectivity index (χ3n) is 1.39. The number of halogens is 1. The molecule has 0 radical (unpaired) electrons. The van der Waals surface area contributed by atoms with Crippen molar-refractivity contribution in [1.29, 1.82) is 0 Å². The number of furan rings is 1. The molecular formula is C9H7ClO2. The van der Waals surface area contributed by atoms with Gasteiger partial charge in [-0.25, -0.2) is 0 Å². The monoisotopic (exact) mass is 182 g/mol. The first-order valence-corrected chi connectivity index (χ1v) is 3.77. The van der Waals surface area contributed by atoms with Crippen molar-refractivity contribution in [2.24, 2.45) is 0 Å². The maximum Gasteiger partial charge on any atom is 0.208 e. The first kappa shape index (κ1) is 8.81. The van der Waals surface area contributed by atoms with Gasteiger partial charge in [0.05, 0.1) is 12.5 Å². The van der Waals surface area contributed by atoms with E-state index in [1.807, 2.05) is 24.3 Å². The Kier molecular flexibility index (Phi) is 3.35. The summed E-state index contributed by atoms with van der Waals surface area (Å²) in [6.45, 7) is 0. The largest absolute Gasteiger partial charge is 0.471 e. The van der Waals surface area contributed by atoms with E-state index < -0.39 is 0 Å².